The predicted octanol–water partition coefficient (Wildman–Crippen LogP) is 3.19. The third-order valence-electron chi connectivity index (χ3n) is 4.40. The molecule has 0 saturated carbocycles. The minimum Gasteiger partial charge on any atom is -0.453 e. The molecule has 0 aromatic carbocycles. The molecule has 0 aliphatic rings. The zero-order valence-electron chi connectivity index (χ0n) is 16.8. The van der Waals surface area contributed by atoms with E-state index in [2.05, 4.69) is 20.3 Å². The number of pyridine rings is 2. The zero-order valence-corrected chi connectivity index (χ0v) is 16.8. The third-order valence-corrected chi connectivity index (χ3v) is 4.40. The van der Waals surface area contributed by atoms with Crippen LogP contribution in [0.1, 0.15) is 34.3 Å². The van der Waals surface area contributed by atoms with Gasteiger partial charge in [0.05, 0.1) is 12.5 Å². The summed E-state index contributed by atoms with van der Waals surface area (Å²) < 4.78 is 10.4. The maximum Gasteiger partial charge on any atom is 0.411 e. The molecule has 9 nitrogen and oxygen atoms in total. The SMILES string of the molecule is CCc1ccc(C(=O)c2oc3ncc(/C(C=NC)=C/N)cc3c2NC(=O)OC)cn1. The third kappa shape index (κ3) is 4.04. The standard InChI is InChI=1S/C21H21N5O4/c1-4-15-6-5-12(10-24-15)18(27)19-17(26-21(28)29-3)16-7-13(11-25-20(16)30-19)14(8-22)9-23-2/h5-11H,4,22H2,1-3H3,(H,26,28)/b14-8+,23-9?. The molecule has 0 unspecified atom stereocenters. The number of aliphatic imine (C=N–C) groups is 1. The molecule has 154 valence electrons. The average molecular weight is 407 g/mol. The highest BCUT2D eigenvalue weighted by Crippen LogP contribution is 2.33. The Kier molecular flexibility index (Phi) is 6.21. The minimum absolute atomic E-state index is 0.0754. The molecule has 30 heavy (non-hydrogen) atoms. The van der Waals surface area contributed by atoms with E-state index in [0.29, 0.717) is 22.1 Å². The van der Waals surface area contributed by atoms with Crippen LogP contribution in [-0.2, 0) is 11.2 Å². The van der Waals surface area contributed by atoms with E-state index in [1.54, 1.807) is 37.7 Å². The van der Waals surface area contributed by atoms with Gasteiger partial charge < -0.3 is 14.9 Å². The van der Waals surface area contributed by atoms with Crippen molar-refractivity contribution in [2.45, 2.75) is 13.3 Å². The number of carbonyl (C=O) groups excluding carboxylic acids is 2. The van der Waals surface area contributed by atoms with E-state index >= 15 is 0 Å². The maximum atomic E-state index is 13.1. The van der Waals surface area contributed by atoms with Gasteiger partial charge in [0.1, 0.15) is 5.69 Å². The molecule has 9 heteroatoms. The van der Waals surface area contributed by atoms with Gasteiger partial charge in [-0.25, -0.2) is 9.78 Å². The van der Waals surface area contributed by atoms with Gasteiger partial charge in [-0.2, -0.15) is 0 Å². The topological polar surface area (TPSA) is 133 Å². The fourth-order valence-electron chi connectivity index (χ4n) is 2.83. The molecule has 3 N–H and O–H groups in total. The van der Waals surface area contributed by atoms with Gasteiger partial charge in [0.2, 0.25) is 17.3 Å². The summed E-state index contributed by atoms with van der Waals surface area (Å²) in [5, 5.41) is 2.97. The lowest BCUT2D eigenvalue weighted by Crippen LogP contribution is -2.13. The van der Waals surface area contributed by atoms with Gasteiger partial charge >= 0.3 is 6.09 Å². The predicted molar refractivity (Wildman–Crippen MR) is 114 cm³/mol. The molecule has 0 bridgehead atoms. The summed E-state index contributed by atoms with van der Waals surface area (Å²) in [6.45, 7) is 1.97. The number of aromatic nitrogens is 2. The van der Waals surface area contributed by atoms with E-state index in [9.17, 15) is 9.59 Å². The molecule has 1 amide bonds. The molecule has 3 rings (SSSR count). The molecule has 0 saturated heterocycles. The van der Waals surface area contributed by atoms with Crippen LogP contribution in [0.25, 0.3) is 16.7 Å². The first-order chi connectivity index (χ1) is 14.5. The van der Waals surface area contributed by atoms with Crippen LogP contribution in [0.5, 0.6) is 0 Å². The van der Waals surface area contributed by atoms with Crippen molar-refractivity contribution in [1.82, 2.24) is 9.97 Å². The molecular formula is C21H21N5O4. The molecule has 0 aliphatic heterocycles. The van der Waals surface area contributed by atoms with Gasteiger partial charge in [0, 0.05) is 54.2 Å². The van der Waals surface area contributed by atoms with E-state index in [1.807, 2.05) is 6.92 Å². The van der Waals surface area contributed by atoms with Gasteiger partial charge in [-0.1, -0.05) is 6.92 Å². The lowest BCUT2D eigenvalue weighted by atomic mass is 10.1. The first-order valence-corrected chi connectivity index (χ1v) is 9.13. The summed E-state index contributed by atoms with van der Waals surface area (Å²) in [4.78, 5) is 37.5. The Hall–Kier alpha value is -4.01. The number of carbonyl (C=O) groups is 2. The Balaban J connectivity index is 2.15. The Morgan fingerprint density at radius 3 is 2.63 bits per heavy atom. The van der Waals surface area contributed by atoms with Crippen LogP contribution in [-0.4, -0.2) is 42.2 Å². The summed E-state index contributed by atoms with van der Waals surface area (Å²) in [7, 11) is 2.84. The van der Waals surface area contributed by atoms with Crippen molar-refractivity contribution in [2.75, 3.05) is 19.5 Å². The number of methoxy groups -OCH3 is 1. The number of nitrogens with zero attached hydrogens (tertiary/aromatic N) is 3. The van der Waals surface area contributed by atoms with Gasteiger partial charge in [-0.15, -0.1) is 0 Å². The highest BCUT2D eigenvalue weighted by atomic mass is 16.5. The highest BCUT2D eigenvalue weighted by molar-refractivity contribution is 6.17. The van der Waals surface area contributed by atoms with Gasteiger partial charge in [-0.3, -0.25) is 20.1 Å². The number of rotatable bonds is 6. The van der Waals surface area contributed by atoms with E-state index in [4.69, 9.17) is 14.9 Å². The van der Waals surface area contributed by atoms with Gasteiger partial charge in [-0.05, 0) is 24.6 Å². The second-order valence-electron chi connectivity index (χ2n) is 6.23. The van der Waals surface area contributed by atoms with Crippen molar-refractivity contribution in [1.29, 1.82) is 0 Å². The maximum absolute atomic E-state index is 13.1. The molecule has 0 radical (unpaired) electrons. The van der Waals surface area contributed by atoms with Gasteiger partial charge in [0.25, 0.3) is 0 Å². The molecule has 3 aromatic rings. The number of aryl methyl sites for hydroxylation is 1. The zero-order chi connectivity index (χ0) is 21.7. The second-order valence-corrected chi connectivity index (χ2v) is 6.23. The number of allylic oxidation sites excluding steroid dienone is 1. The number of nitrogens with one attached hydrogen (secondary N) is 1. The van der Waals surface area contributed by atoms with E-state index in [0.717, 1.165) is 12.1 Å². The molecular weight excluding hydrogens is 386 g/mol. The fourth-order valence-corrected chi connectivity index (χ4v) is 2.83. The van der Waals surface area contributed by atoms with E-state index in [1.165, 1.54) is 19.5 Å². The summed E-state index contributed by atoms with van der Waals surface area (Å²) >= 11 is 0. The monoisotopic (exact) mass is 407 g/mol. The second kappa shape index (κ2) is 8.99. The van der Waals surface area contributed by atoms with Crippen molar-refractivity contribution in [3.8, 4) is 0 Å². The number of nitrogens with two attached hydrogens (primary N) is 1. The first kappa shape index (κ1) is 20.7. The van der Waals surface area contributed by atoms with Gasteiger partial charge in [0.15, 0.2) is 0 Å². The number of hydrogen-bond acceptors (Lipinski definition) is 8. The fraction of sp³-hybridized carbons (Fsp3) is 0.190. The summed E-state index contributed by atoms with van der Waals surface area (Å²) in [6, 6.07) is 5.13. The van der Waals surface area contributed by atoms with Crippen LogP contribution in [0.4, 0.5) is 10.5 Å². The molecule has 0 atom stereocenters. The quantitative estimate of drug-likeness (QED) is 0.473. The van der Waals surface area contributed by atoms with E-state index < -0.39 is 11.9 Å². The van der Waals surface area contributed by atoms with Crippen molar-refractivity contribution >= 4 is 40.5 Å². The van der Waals surface area contributed by atoms with Crippen molar-refractivity contribution in [3.05, 3.63) is 59.4 Å². The number of anilines is 1. The van der Waals surface area contributed by atoms with Crippen molar-refractivity contribution in [2.24, 2.45) is 10.7 Å². The van der Waals surface area contributed by atoms with Crippen molar-refractivity contribution < 1.29 is 18.7 Å². The Morgan fingerprint density at radius 2 is 2.03 bits per heavy atom. The lowest BCUT2D eigenvalue weighted by molar-refractivity contribution is 0.101. The Morgan fingerprint density at radius 1 is 1.27 bits per heavy atom. The highest BCUT2D eigenvalue weighted by Gasteiger charge is 2.25. The number of amides is 1. The van der Waals surface area contributed by atoms with Crippen LogP contribution in [0, 0.1) is 0 Å². The lowest BCUT2D eigenvalue weighted by Gasteiger charge is -2.05. The molecule has 0 spiro atoms. The summed E-state index contributed by atoms with van der Waals surface area (Å²) in [5.74, 6) is -0.519. The number of fused-ring (bicyclic) bond motifs is 1. The number of hydrogen-bond donors (Lipinski definition) is 2. The summed E-state index contributed by atoms with van der Waals surface area (Å²) in [5.41, 5.74) is 8.43. The molecule has 3 aromatic heterocycles. The number of furan rings is 1. The van der Waals surface area contributed by atoms with Crippen molar-refractivity contribution in [3.63, 3.8) is 0 Å². The normalized spacial score (nSPS) is 11.8. The Bertz CT molecular complexity index is 1150. The molecule has 0 fully saturated rings. The van der Waals surface area contributed by atoms with Crippen LogP contribution in [0.3, 0.4) is 0 Å². The smallest absolute Gasteiger partial charge is 0.411 e. The van der Waals surface area contributed by atoms with Crippen LogP contribution in [0.2, 0.25) is 0 Å². The molecule has 0 aliphatic carbocycles. The first-order valence-electron chi connectivity index (χ1n) is 9.13. The number of ketones is 1. The Labute approximate surface area is 172 Å². The number of ether oxygens (including phenoxy) is 1. The van der Waals surface area contributed by atoms with Crippen LogP contribution >= 0.6 is 0 Å². The van der Waals surface area contributed by atoms with Crippen LogP contribution < -0.4 is 11.1 Å². The van der Waals surface area contributed by atoms with Crippen LogP contribution in [0.15, 0.2) is 46.2 Å². The minimum atomic E-state index is -0.749. The largest absolute Gasteiger partial charge is 0.453 e. The molecule has 3 heterocycles. The summed E-state index contributed by atoms with van der Waals surface area (Å²) in [6.07, 6.45) is 5.97. The van der Waals surface area contributed by atoms with E-state index in [-0.39, 0.29) is 17.2 Å². The average Bonchev–Trinajstić information content (AvgIpc) is 3.14.